The quantitative estimate of drug-likeness (QED) is 0.148. The Bertz CT molecular complexity index is 1470. The van der Waals surface area contributed by atoms with E-state index in [2.05, 4.69) is 0 Å². The Balaban J connectivity index is 1.46. The lowest BCUT2D eigenvalue weighted by atomic mass is 10.2. The highest BCUT2D eigenvalue weighted by atomic mass is 16.5. The van der Waals surface area contributed by atoms with Gasteiger partial charge in [-0.15, -0.1) is 0 Å². The van der Waals surface area contributed by atoms with Crippen LogP contribution in [0.25, 0.3) is 17.0 Å². The third-order valence-corrected chi connectivity index (χ3v) is 5.20. The van der Waals surface area contributed by atoms with Crippen molar-refractivity contribution in [2.24, 2.45) is 0 Å². The molecule has 0 aliphatic rings. The monoisotopic (exact) mass is 502 g/mol. The summed E-state index contributed by atoms with van der Waals surface area (Å²) in [5.74, 6) is 2.05. The van der Waals surface area contributed by atoms with Crippen molar-refractivity contribution in [1.82, 2.24) is 0 Å². The average molecular weight is 503 g/mol. The lowest BCUT2D eigenvalue weighted by Crippen LogP contribution is -2.06. The number of fused-ring (bicyclic) bond motifs is 1. The molecular weight excluding hydrogens is 476 g/mol. The molecule has 3 aromatic carbocycles. The van der Waals surface area contributed by atoms with Gasteiger partial charge in [-0.3, -0.25) is 4.79 Å². The zero-order valence-corrected chi connectivity index (χ0v) is 20.7. The Labute approximate surface area is 213 Å². The second kappa shape index (κ2) is 11.8. The minimum Gasteiger partial charge on any atom is -0.497 e. The van der Waals surface area contributed by atoms with E-state index >= 15 is 0 Å². The molecule has 1 heterocycles. The summed E-state index contributed by atoms with van der Waals surface area (Å²) in [6.45, 7) is 4.79. The smallest absolute Gasteiger partial charge is 0.336 e. The lowest BCUT2D eigenvalue weighted by Gasteiger charge is -2.11. The summed E-state index contributed by atoms with van der Waals surface area (Å²) >= 11 is 0. The number of hydrogen-bond acceptors (Lipinski definition) is 8. The van der Waals surface area contributed by atoms with Crippen molar-refractivity contribution in [3.05, 3.63) is 88.8 Å². The van der Waals surface area contributed by atoms with Gasteiger partial charge in [0.15, 0.2) is 11.5 Å². The van der Waals surface area contributed by atoms with E-state index in [1.54, 1.807) is 49.6 Å². The van der Waals surface area contributed by atoms with E-state index in [0.29, 0.717) is 41.6 Å². The number of ether oxygens (including phenoxy) is 5. The molecule has 0 fully saturated rings. The Morgan fingerprint density at radius 1 is 0.838 bits per heavy atom. The van der Waals surface area contributed by atoms with E-state index in [4.69, 9.17) is 28.1 Å². The first kappa shape index (κ1) is 25.4. The predicted octanol–water partition coefficient (Wildman–Crippen LogP) is 6.01. The van der Waals surface area contributed by atoms with E-state index < -0.39 is 5.97 Å². The third-order valence-electron chi connectivity index (χ3n) is 5.20. The Morgan fingerprint density at radius 3 is 2.27 bits per heavy atom. The van der Waals surface area contributed by atoms with E-state index in [0.717, 1.165) is 5.56 Å². The van der Waals surface area contributed by atoms with Crippen LogP contribution in [0.4, 0.5) is 0 Å². The van der Waals surface area contributed by atoms with Crippen LogP contribution in [-0.2, 0) is 4.79 Å². The fourth-order valence-corrected chi connectivity index (χ4v) is 3.48. The maximum absolute atomic E-state index is 12.8. The molecule has 4 aromatic rings. The molecule has 0 bridgehead atoms. The average Bonchev–Trinajstić information content (AvgIpc) is 2.91. The molecule has 0 unspecified atom stereocenters. The topological polar surface area (TPSA) is 93.4 Å². The Hall–Kier alpha value is -4.72. The fraction of sp³-hybridized carbons (Fsp3) is 0.172. The van der Waals surface area contributed by atoms with Gasteiger partial charge in [-0.1, -0.05) is 6.07 Å². The largest absolute Gasteiger partial charge is 0.497 e. The molecule has 37 heavy (non-hydrogen) atoms. The van der Waals surface area contributed by atoms with Crippen LogP contribution in [0.2, 0.25) is 0 Å². The Kier molecular flexibility index (Phi) is 8.10. The summed E-state index contributed by atoms with van der Waals surface area (Å²) in [6.07, 6.45) is 4.14. The first-order valence-electron chi connectivity index (χ1n) is 11.7. The summed E-state index contributed by atoms with van der Waals surface area (Å²) < 4.78 is 32.9. The highest BCUT2D eigenvalue weighted by Crippen LogP contribution is 2.29. The molecule has 0 aliphatic carbocycles. The van der Waals surface area contributed by atoms with Crippen molar-refractivity contribution in [3.8, 4) is 34.5 Å². The van der Waals surface area contributed by atoms with Crippen LogP contribution in [0.15, 0.2) is 82.2 Å². The molecule has 190 valence electrons. The Morgan fingerprint density at radius 2 is 1.54 bits per heavy atom. The number of carbonyl (C=O) groups is 1. The summed E-state index contributed by atoms with van der Waals surface area (Å²) in [7, 11) is 1.57. The molecule has 0 atom stereocenters. The van der Waals surface area contributed by atoms with Crippen LogP contribution in [0.3, 0.4) is 0 Å². The van der Waals surface area contributed by atoms with Crippen LogP contribution < -0.4 is 29.1 Å². The maximum atomic E-state index is 12.8. The maximum Gasteiger partial charge on any atom is 0.336 e. The number of rotatable bonds is 10. The number of carbonyl (C=O) groups excluding carboxylic acids is 1. The minimum absolute atomic E-state index is 0.0344. The first-order valence-corrected chi connectivity index (χ1v) is 11.7. The fourth-order valence-electron chi connectivity index (χ4n) is 3.48. The van der Waals surface area contributed by atoms with Gasteiger partial charge in [0.1, 0.15) is 29.1 Å². The molecule has 0 N–H and O–H groups in total. The van der Waals surface area contributed by atoms with Crippen LogP contribution in [0, 0.1) is 0 Å². The van der Waals surface area contributed by atoms with Gasteiger partial charge in [-0.25, -0.2) is 4.79 Å². The van der Waals surface area contributed by atoms with Gasteiger partial charge in [-0.2, -0.15) is 0 Å². The van der Waals surface area contributed by atoms with Crippen molar-refractivity contribution >= 4 is 23.0 Å². The van der Waals surface area contributed by atoms with Gasteiger partial charge in [0, 0.05) is 12.1 Å². The highest BCUT2D eigenvalue weighted by molar-refractivity contribution is 5.89. The number of hydrogen-bond donors (Lipinski definition) is 0. The summed E-state index contributed by atoms with van der Waals surface area (Å²) in [6, 6.07) is 16.7. The molecule has 4 rings (SSSR count). The summed E-state index contributed by atoms with van der Waals surface area (Å²) in [5, 5.41) is 0.291. The molecule has 0 radical (unpaired) electrons. The van der Waals surface area contributed by atoms with Crippen molar-refractivity contribution in [2.45, 2.75) is 13.8 Å². The van der Waals surface area contributed by atoms with Gasteiger partial charge in [0.05, 0.1) is 25.7 Å². The molecular formula is C29H26O8. The zero-order valence-electron chi connectivity index (χ0n) is 20.7. The van der Waals surface area contributed by atoms with Gasteiger partial charge < -0.3 is 28.1 Å². The number of methoxy groups -OCH3 is 1. The summed E-state index contributed by atoms with van der Waals surface area (Å²) in [5.41, 5.74) is 0.655. The molecule has 1 aromatic heterocycles. The standard InChI is InChI=1S/C29H26O8/c1-4-33-24-14-6-19(16-26(24)34-5-2)7-15-28(30)37-22-12-13-23-25(17-22)35-18-27(29(23)31)36-21-10-8-20(32-3)9-11-21/h6-18H,4-5H2,1-3H3/b15-7+. The molecule has 8 heteroatoms. The molecule has 8 nitrogen and oxygen atoms in total. The van der Waals surface area contributed by atoms with Gasteiger partial charge in [-0.05, 0) is 74.0 Å². The molecule has 0 aliphatic heterocycles. The van der Waals surface area contributed by atoms with Crippen LogP contribution in [0.5, 0.6) is 34.5 Å². The zero-order chi connectivity index (χ0) is 26.2. The van der Waals surface area contributed by atoms with Crippen LogP contribution in [-0.4, -0.2) is 26.3 Å². The van der Waals surface area contributed by atoms with Crippen molar-refractivity contribution in [2.75, 3.05) is 20.3 Å². The van der Waals surface area contributed by atoms with Gasteiger partial charge in [0.2, 0.25) is 11.2 Å². The molecule has 0 saturated heterocycles. The van der Waals surface area contributed by atoms with Gasteiger partial charge in [0.25, 0.3) is 0 Å². The lowest BCUT2D eigenvalue weighted by molar-refractivity contribution is -0.128. The second-order valence-corrected chi connectivity index (χ2v) is 7.69. The second-order valence-electron chi connectivity index (χ2n) is 7.69. The number of esters is 1. The minimum atomic E-state index is -0.590. The van der Waals surface area contributed by atoms with Gasteiger partial charge >= 0.3 is 5.97 Å². The van der Waals surface area contributed by atoms with Crippen molar-refractivity contribution in [1.29, 1.82) is 0 Å². The predicted molar refractivity (Wildman–Crippen MR) is 139 cm³/mol. The summed E-state index contributed by atoms with van der Waals surface area (Å²) in [4.78, 5) is 25.2. The van der Waals surface area contributed by atoms with E-state index in [1.165, 1.54) is 30.5 Å². The van der Waals surface area contributed by atoms with Crippen molar-refractivity contribution < 1.29 is 32.9 Å². The van der Waals surface area contributed by atoms with E-state index in [-0.39, 0.29) is 22.5 Å². The highest BCUT2D eigenvalue weighted by Gasteiger charge is 2.12. The molecule has 0 amide bonds. The molecule has 0 spiro atoms. The van der Waals surface area contributed by atoms with E-state index in [9.17, 15) is 9.59 Å². The molecule has 0 saturated carbocycles. The van der Waals surface area contributed by atoms with Crippen molar-refractivity contribution in [3.63, 3.8) is 0 Å². The van der Waals surface area contributed by atoms with Crippen LogP contribution >= 0.6 is 0 Å². The van der Waals surface area contributed by atoms with E-state index in [1.807, 2.05) is 19.9 Å². The van der Waals surface area contributed by atoms with Crippen LogP contribution in [0.1, 0.15) is 19.4 Å². The SMILES string of the molecule is CCOc1ccc(/C=C/C(=O)Oc2ccc3c(=O)c(Oc4ccc(OC)cc4)coc3c2)cc1OCC. The number of benzene rings is 3. The normalized spacial score (nSPS) is 10.9. The first-order chi connectivity index (χ1) is 18.0. The third kappa shape index (κ3) is 6.29.